The van der Waals surface area contributed by atoms with E-state index in [1.54, 1.807) is 0 Å². The average Bonchev–Trinajstić information content (AvgIpc) is 2.29. The smallest absolute Gasteiger partial charge is 0.302 e. The van der Waals surface area contributed by atoms with Crippen molar-refractivity contribution in [2.24, 2.45) is 10.8 Å². The van der Waals surface area contributed by atoms with Crippen LogP contribution in [0.2, 0.25) is 0 Å². The van der Waals surface area contributed by atoms with Crippen LogP contribution in [0.5, 0.6) is 0 Å². The summed E-state index contributed by atoms with van der Waals surface area (Å²) in [4.78, 5) is 18.8. The number of hydrogen-bond acceptors (Lipinski definition) is 6. The molecule has 0 fully saturated rings. The second-order valence-corrected chi connectivity index (χ2v) is 10.2. The Morgan fingerprint density at radius 2 is 0.955 bits per heavy atom. The topological polar surface area (TPSA) is 112 Å². The van der Waals surface area contributed by atoms with Gasteiger partial charge >= 0.3 is 15.6 Å². The van der Waals surface area contributed by atoms with Gasteiger partial charge in [-0.3, -0.25) is 18.1 Å². The fraction of sp³-hybridized carbons (Fsp3) is 1.00. The first-order valence-electron chi connectivity index (χ1n) is 6.86. The summed E-state index contributed by atoms with van der Waals surface area (Å²) in [5, 5.41) is 0. The SMILES string of the molecule is CC(C)(C)COP(=O)(O)OCCOP(=O)(O)OCC(C)(C)C. The van der Waals surface area contributed by atoms with E-state index in [9.17, 15) is 18.9 Å². The van der Waals surface area contributed by atoms with Crippen molar-refractivity contribution in [3.05, 3.63) is 0 Å². The van der Waals surface area contributed by atoms with Crippen molar-refractivity contribution in [1.82, 2.24) is 0 Å². The molecule has 0 heterocycles. The summed E-state index contributed by atoms with van der Waals surface area (Å²) in [5.74, 6) is 0. The van der Waals surface area contributed by atoms with Gasteiger partial charge in [0, 0.05) is 0 Å². The summed E-state index contributed by atoms with van der Waals surface area (Å²) in [5.41, 5.74) is -0.584. The monoisotopic (exact) mass is 362 g/mol. The molecule has 2 atom stereocenters. The Kier molecular flexibility index (Phi) is 8.44. The molecular formula is C12H28O8P2. The molecule has 10 heteroatoms. The lowest BCUT2D eigenvalue weighted by Crippen LogP contribution is -2.15. The van der Waals surface area contributed by atoms with E-state index in [0.717, 1.165) is 0 Å². The van der Waals surface area contributed by atoms with Crippen LogP contribution in [-0.4, -0.2) is 36.2 Å². The predicted molar refractivity (Wildman–Crippen MR) is 82.4 cm³/mol. The zero-order valence-corrected chi connectivity index (χ0v) is 15.9. The molecule has 0 aromatic rings. The fourth-order valence-electron chi connectivity index (χ4n) is 0.930. The maximum atomic E-state index is 11.5. The van der Waals surface area contributed by atoms with Crippen LogP contribution in [0.3, 0.4) is 0 Å². The number of phosphoric acid groups is 2. The second-order valence-electron chi connectivity index (χ2n) is 7.27. The summed E-state index contributed by atoms with van der Waals surface area (Å²) in [6.45, 7) is 10.4. The largest absolute Gasteiger partial charge is 0.472 e. The lowest BCUT2D eigenvalue weighted by molar-refractivity contribution is 0.0785. The molecule has 0 aliphatic rings. The molecule has 22 heavy (non-hydrogen) atoms. The second kappa shape index (κ2) is 8.36. The zero-order chi connectivity index (χ0) is 17.7. The van der Waals surface area contributed by atoms with Gasteiger partial charge in [0.15, 0.2) is 0 Å². The summed E-state index contributed by atoms with van der Waals surface area (Å²) in [7, 11) is -8.41. The summed E-state index contributed by atoms with van der Waals surface area (Å²) >= 11 is 0. The van der Waals surface area contributed by atoms with Crippen LogP contribution >= 0.6 is 15.6 Å². The van der Waals surface area contributed by atoms with E-state index in [2.05, 4.69) is 9.05 Å². The molecule has 8 nitrogen and oxygen atoms in total. The molecule has 0 rings (SSSR count). The van der Waals surface area contributed by atoms with Crippen LogP contribution in [0.4, 0.5) is 0 Å². The van der Waals surface area contributed by atoms with E-state index >= 15 is 0 Å². The third kappa shape index (κ3) is 13.9. The summed E-state index contributed by atoms with van der Waals surface area (Å²) in [6.07, 6.45) is 0. The molecule has 0 amide bonds. The van der Waals surface area contributed by atoms with E-state index in [4.69, 9.17) is 9.05 Å². The molecule has 134 valence electrons. The number of hydrogen-bond donors (Lipinski definition) is 2. The molecule has 0 spiro atoms. The maximum Gasteiger partial charge on any atom is 0.472 e. The molecule has 0 radical (unpaired) electrons. The summed E-state index contributed by atoms with van der Waals surface area (Å²) in [6, 6.07) is 0. The molecular weight excluding hydrogens is 334 g/mol. The van der Waals surface area contributed by atoms with Crippen molar-refractivity contribution in [3.63, 3.8) is 0 Å². The summed E-state index contributed by atoms with van der Waals surface area (Å²) < 4.78 is 41.9. The minimum absolute atomic E-state index is 0.0365. The van der Waals surface area contributed by atoms with Crippen molar-refractivity contribution in [3.8, 4) is 0 Å². The van der Waals surface area contributed by atoms with Gasteiger partial charge in [0.25, 0.3) is 0 Å². The van der Waals surface area contributed by atoms with E-state index in [-0.39, 0.29) is 37.3 Å². The minimum atomic E-state index is -4.21. The van der Waals surface area contributed by atoms with E-state index in [1.165, 1.54) is 0 Å². The molecule has 0 aliphatic heterocycles. The Balaban J connectivity index is 4.05. The molecule has 0 aliphatic carbocycles. The third-order valence-electron chi connectivity index (χ3n) is 1.91. The quantitative estimate of drug-likeness (QED) is 0.474. The Morgan fingerprint density at radius 1 is 0.682 bits per heavy atom. The van der Waals surface area contributed by atoms with Gasteiger partial charge in [-0.15, -0.1) is 0 Å². The fourth-order valence-corrected chi connectivity index (χ4v) is 2.79. The van der Waals surface area contributed by atoms with Crippen molar-refractivity contribution in [2.75, 3.05) is 26.4 Å². The highest BCUT2D eigenvalue weighted by molar-refractivity contribution is 7.47. The van der Waals surface area contributed by atoms with Gasteiger partial charge in [0.05, 0.1) is 26.4 Å². The molecule has 2 N–H and O–H groups in total. The van der Waals surface area contributed by atoms with Gasteiger partial charge in [-0.1, -0.05) is 41.5 Å². The van der Waals surface area contributed by atoms with Crippen LogP contribution in [0, 0.1) is 10.8 Å². The molecule has 0 saturated carbocycles. The van der Waals surface area contributed by atoms with Gasteiger partial charge < -0.3 is 9.79 Å². The predicted octanol–water partition coefficient (Wildman–Crippen LogP) is 3.35. The van der Waals surface area contributed by atoms with E-state index in [0.29, 0.717) is 0 Å². The van der Waals surface area contributed by atoms with E-state index in [1.807, 2.05) is 41.5 Å². The Bertz CT molecular complexity index is 384. The molecule has 0 saturated heterocycles. The van der Waals surface area contributed by atoms with Crippen molar-refractivity contribution in [2.45, 2.75) is 41.5 Å². The zero-order valence-electron chi connectivity index (χ0n) is 14.1. The van der Waals surface area contributed by atoms with Gasteiger partial charge in [0.1, 0.15) is 0 Å². The highest BCUT2D eigenvalue weighted by atomic mass is 31.2. The molecule has 0 aromatic carbocycles. The van der Waals surface area contributed by atoms with Crippen LogP contribution < -0.4 is 0 Å². The number of phosphoric ester groups is 2. The maximum absolute atomic E-state index is 11.5. The molecule has 0 aromatic heterocycles. The van der Waals surface area contributed by atoms with E-state index < -0.39 is 15.6 Å². The van der Waals surface area contributed by atoms with Crippen LogP contribution in [-0.2, 0) is 27.2 Å². The van der Waals surface area contributed by atoms with Gasteiger partial charge in [-0.25, -0.2) is 9.13 Å². The van der Waals surface area contributed by atoms with Gasteiger partial charge in [0.2, 0.25) is 0 Å². The lowest BCUT2D eigenvalue weighted by Gasteiger charge is -2.21. The first-order valence-corrected chi connectivity index (χ1v) is 9.85. The highest BCUT2D eigenvalue weighted by Gasteiger charge is 2.27. The average molecular weight is 362 g/mol. The van der Waals surface area contributed by atoms with Crippen LogP contribution in [0.15, 0.2) is 0 Å². The van der Waals surface area contributed by atoms with Crippen molar-refractivity contribution in [1.29, 1.82) is 0 Å². The normalized spacial score (nSPS) is 18.7. The Morgan fingerprint density at radius 3 is 1.18 bits per heavy atom. The lowest BCUT2D eigenvalue weighted by atomic mass is 9.99. The van der Waals surface area contributed by atoms with Gasteiger partial charge in [-0.05, 0) is 10.8 Å². The molecule has 2 unspecified atom stereocenters. The van der Waals surface area contributed by atoms with Crippen molar-refractivity contribution >= 4 is 15.6 Å². The number of rotatable bonds is 9. The molecule has 0 bridgehead atoms. The highest BCUT2D eigenvalue weighted by Crippen LogP contribution is 2.46. The van der Waals surface area contributed by atoms with Gasteiger partial charge in [-0.2, -0.15) is 0 Å². The first kappa shape index (κ1) is 22.2. The first-order chi connectivity index (χ1) is 9.62. The van der Waals surface area contributed by atoms with Crippen LogP contribution in [0.25, 0.3) is 0 Å². The Hall–Kier alpha value is 0.220. The minimum Gasteiger partial charge on any atom is -0.302 e. The Labute approximate surface area is 132 Å². The van der Waals surface area contributed by atoms with Crippen molar-refractivity contribution < 1.29 is 37.0 Å². The third-order valence-corrected chi connectivity index (χ3v) is 3.84. The van der Waals surface area contributed by atoms with Crippen LogP contribution in [0.1, 0.15) is 41.5 Å². The standard InChI is InChI=1S/C12H28O8P2/c1-11(2,3)9-19-21(13,14)17-7-8-18-22(15,16)20-10-12(4,5)6/h7-10H2,1-6H3,(H,13,14)(H,15,16).